The largest absolute Gasteiger partial charge is 0.340 e. The van der Waals surface area contributed by atoms with E-state index >= 15 is 0 Å². The van der Waals surface area contributed by atoms with Gasteiger partial charge < -0.3 is 4.90 Å². The van der Waals surface area contributed by atoms with Gasteiger partial charge in [0, 0.05) is 28.7 Å². The average molecular weight is 327 g/mol. The zero-order chi connectivity index (χ0) is 16.2. The second kappa shape index (κ2) is 4.76. The average Bonchev–Trinajstić information content (AvgIpc) is 3.06. The van der Waals surface area contributed by atoms with Crippen LogP contribution in [0.25, 0.3) is 5.70 Å². The smallest absolute Gasteiger partial charge is 0.197 e. The summed E-state index contributed by atoms with van der Waals surface area (Å²) in [5, 5.41) is 0.716. The summed E-state index contributed by atoms with van der Waals surface area (Å²) in [6.45, 7) is 4.43. The van der Waals surface area contributed by atoms with E-state index in [1.165, 1.54) is 11.3 Å². The molecule has 0 saturated heterocycles. The summed E-state index contributed by atoms with van der Waals surface area (Å²) < 4.78 is 0. The molecule has 2 aromatic carbocycles. The minimum Gasteiger partial charge on any atom is -0.340 e. The van der Waals surface area contributed by atoms with E-state index in [0.717, 1.165) is 11.3 Å². The molecule has 0 aromatic heterocycles. The minimum atomic E-state index is -0.561. The number of hydroxylamine groups is 1. The van der Waals surface area contributed by atoms with Gasteiger partial charge in [-0.25, -0.2) is 4.84 Å². The van der Waals surface area contributed by atoms with Crippen molar-refractivity contribution in [3.05, 3.63) is 70.8 Å². The molecule has 4 heteroatoms. The first-order valence-electron chi connectivity index (χ1n) is 7.72. The van der Waals surface area contributed by atoms with Gasteiger partial charge in [-0.15, -0.1) is 0 Å². The number of halogens is 1. The van der Waals surface area contributed by atoms with Crippen molar-refractivity contribution in [2.75, 3.05) is 11.9 Å². The van der Waals surface area contributed by atoms with Crippen LogP contribution in [0.1, 0.15) is 25.0 Å². The Morgan fingerprint density at radius 1 is 1.09 bits per heavy atom. The SMILES string of the molecule is CN1c2ccccc2C(C)(C)[C@]12C=C(c1cccc(Cl)c1)NO2. The van der Waals surface area contributed by atoms with Crippen LogP contribution in [-0.2, 0) is 10.3 Å². The lowest BCUT2D eigenvalue weighted by atomic mass is 9.77. The monoisotopic (exact) mass is 326 g/mol. The Morgan fingerprint density at radius 3 is 2.61 bits per heavy atom. The summed E-state index contributed by atoms with van der Waals surface area (Å²) in [5.74, 6) is 0. The molecule has 23 heavy (non-hydrogen) atoms. The summed E-state index contributed by atoms with van der Waals surface area (Å²) in [5.41, 5.74) is 6.81. The molecular formula is C19H19ClN2O. The molecule has 0 radical (unpaired) electrons. The van der Waals surface area contributed by atoms with Gasteiger partial charge in [0.15, 0.2) is 5.72 Å². The summed E-state index contributed by atoms with van der Waals surface area (Å²) in [6, 6.07) is 16.3. The van der Waals surface area contributed by atoms with Crippen molar-refractivity contribution in [1.82, 2.24) is 5.48 Å². The first-order valence-corrected chi connectivity index (χ1v) is 8.10. The van der Waals surface area contributed by atoms with Crippen LogP contribution in [0.4, 0.5) is 5.69 Å². The number of hydrogen-bond acceptors (Lipinski definition) is 3. The second-order valence-corrected chi connectivity index (χ2v) is 7.11. The summed E-state index contributed by atoms with van der Waals surface area (Å²) in [6.07, 6.45) is 2.17. The standard InChI is InChI=1S/C19H19ClN2O/c1-18(2)15-9-4-5-10-17(15)22(3)19(18)12-16(21-23-19)13-7-6-8-14(20)11-13/h4-12,21H,1-3H3/t19-/m1/s1. The van der Waals surface area contributed by atoms with Crippen LogP contribution in [0, 0.1) is 0 Å². The summed E-state index contributed by atoms with van der Waals surface area (Å²) in [7, 11) is 2.08. The maximum absolute atomic E-state index is 6.16. The van der Waals surface area contributed by atoms with Crippen molar-refractivity contribution in [3.63, 3.8) is 0 Å². The highest BCUT2D eigenvalue weighted by Gasteiger charge is 2.58. The van der Waals surface area contributed by atoms with Gasteiger partial charge in [0.2, 0.25) is 0 Å². The fourth-order valence-electron chi connectivity index (χ4n) is 3.74. The molecule has 0 unspecified atom stereocenters. The predicted octanol–water partition coefficient (Wildman–Crippen LogP) is 4.34. The molecule has 2 heterocycles. The Balaban J connectivity index is 1.84. The third-order valence-electron chi connectivity index (χ3n) is 5.12. The number of fused-ring (bicyclic) bond motifs is 1. The molecule has 2 aromatic rings. The highest BCUT2D eigenvalue weighted by atomic mass is 35.5. The van der Waals surface area contributed by atoms with E-state index in [2.05, 4.69) is 61.6 Å². The number of likely N-dealkylation sites (N-methyl/N-ethyl adjacent to an activating group) is 1. The summed E-state index contributed by atoms with van der Waals surface area (Å²) >= 11 is 6.13. The topological polar surface area (TPSA) is 24.5 Å². The molecule has 3 nitrogen and oxygen atoms in total. The lowest BCUT2D eigenvalue weighted by Gasteiger charge is -2.39. The Bertz CT molecular complexity index is 815. The van der Waals surface area contributed by atoms with Crippen LogP contribution in [-0.4, -0.2) is 12.8 Å². The first kappa shape index (κ1) is 14.6. The van der Waals surface area contributed by atoms with E-state index in [9.17, 15) is 0 Å². The van der Waals surface area contributed by atoms with Crippen molar-refractivity contribution in [2.45, 2.75) is 25.0 Å². The molecular weight excluding hydrogens is 308 g/mol. The van der Waals surface area contributed by atoms with E-state index < -0.39 is 5.72 Å². The van der Waals surface area contributed by atoms with Gasteiger partial charge >= 0.3 is 0 Å². The molecule has 1 N–H and O–H groups in total. The lowest BCUT2D eigenvalue weighted by Crippen LogP contribution is -2.54. The van der Waals surface area contributed by atoms with Gasteiger partial charge in [-0.1, -0.05) is 55.8 Å². The van der Waals surface area contributed by atoms with Gasteiger partial charge in [0.1, 0.15) is 0 Å². The van der Waals surface area contributed by atoms with Crippen LogP contribution in [0.5, 0.6) is 0 Å². The fraction of sp³-hybridized carbons (Fsp3) is 0.263. The van der Waals surface area contributed by atoms with Gasteiger partial charge in [-0.2, -0.15) is 0 Å². The van der Waals surface area contributed by atoms with Gasteiger partial charge in [-0.05, 0) is 29.8 Å². The van der Waals surface area contributed by atoms with Gasteiger partial charge in [-0.3, -0.25) is 5.48 Å². The molecule has 0 saturated carbocycles. The highest BCUT2D eigenvalue weighted by molar-refractivity contribution is 6.30. The Morgan fingerprint density at radius 2 is 1.87 bits per heavy atom. The van der Waals surface area contributed by atoms with Crippen LogP contribution in [0.15, 0.2) is 54.6 Å². The quantitative estimate of drug-likeness (QED) is 0.843. The van der Waals surface area contributed by atoms with Crippen molar-refractivity contribution in [2.24, 2.45) is 0 Å². The van der Waals surface area contributed by atoms with Crippen molar-refractivity contribution >= 4 is 23.0 Å². The van der Waals surface area contributed by atoms with Crippen molar-refractivity contribution in [1.29, 1.82) is 0 Å². The number of benzene rings is 2. The van der Waals surface area contributed by atoms with Crippen LogP contribution in [0.2, 0.25) is 5.02 Å². The van der Waals surface area contributed by atoms with Crippen LogP contribution >= 0.6 is 11.6 Å². The zero-order valence-electron chi connectivity index (χ0n) is 13.4. The molecule has 0 amide bonds. The number of para-hydroxylation sites is 1. The summed E-state index contributed by atoms with van der Waals surface area (Å²) in [4.78, 5) is 8.36. The first-order chi connectivity index (χ1) is 11.0. The number of anilines is 1. The molecule has 4 rings (SSSR count). The molecule has 2 aliphatic rings. The van der Waals surface area contributed by atoms with Crippen molar-refractivity contribution in [3.8, 4) is 0 Å². The Hall–Kier alpha value is -1.97. The molecule has 1 atom stereocenters. The highest BCUT2D eigenvalue weighted by Crippen LogP contribution is 2.54. The van der Waals surface area contributed by atoms with E-state index in [0.29, 0.717) is 5.02 Å². The van der Waals surface area contributed by atoms with E-state index in [1.807, 2.05) is 24.3 Å². The molecule has 1 spiro atoms. The maximum Gasteiger partial charge on any atom is 0.197 e. The van der Waals surface area contributed by atoms with E-state index in [4.69, 9.17) is 16.4 Å². The lowest BCUT2D eigenvalue weighted by molar-refractivity contribution is -0.0678. The van der Waals surface area contributed by atoms with E-state index in [-0.39, 0.29) is 5.41 Å². The number of hydrogen-bond donors (Lipinski definition) is 1. The van der Waals surface area contributed by atoms with Crippen LogP contribution in [0.3, 0.4) is 0 Å². The molecule has 0 fully saturated rings. The van der Waals surface area contributed by atoms with Crippen molar-refractivity contribution < 1.29 is 4.84 Å². The Kier molecular flexibility index (Phi) is 3.03. The molecule has 118 valence electrons. The number of nitrogens with zero attached hydrogens (tertiary/aromatic N) is 1. The Labute approximate surface area is 141 Å². The van der Waals surface area contributed by atoms with Gasteiger partial charge in [0.05, 0.1) is 5.70 Å². The molecule has 2 aliphatic heterocycles. The number of rotatable bonds is 1. The van der Waals surface area contributed by atoms with Gasteiger partial charge in [0.25, 0.3) is 0 Å². The number of nitrogens with one attached hydrogen (secondary N) is 1. The third kappa shape index (κ3) is 1.87. The molecule has 0 aliphatic carbocycles. The van der Waals surface area contributed by atoms with E-state index in [1.54, 1.807) is 0 Å². The fourth-order valence-corrected chi connectivity index (χ4v) is 3.93. The minimum absolute atomic E-state index is 0.189. The normalized spacial score (nSPS) is 24.5. The second-order valence-electron chi connectivity index (χ2n) is 6.67. The molecule has 0 bridgehead atoms. The third-order valence-corrected chi connectivity index (χ3v) is 5.36. The predicted molar refractivity (Wildman–Crippen MR) is 94.3 cm³/mol. The zero-order valence-corrected chi connectivity index (χ0v) is 14.2. The maximum atomic E-state index is 6.16. The van der Waals surface area contributed by atoms with Crippen LogP contribution < -0.4 is 10.4 Å².